The largest absolute Gasteiger partial charge is 0.298 e. The molecule has 2 heterocycles. The molecule has 0 amide bonds. The van der Waals surface area contributed by atoms with Crippen LogP contribution in [0.4, 0.5) is 0 Å². The summed E-state index contributed by atoms with van der Waals surface area (Å²) in [4.78, 5) is 8.43. The summed E-state index contributed by atoms with van der Waals surface area (Å²) in [7, 11) is 0. The third-order valence-electron chi connectivity index (χ3n) is 5.00. The molecule has 0 spiro atoms. The van der Waals surface area contributed by atoms with Crippen molar-refractivity contribution in [2.24, 2.45) is 16.8 Å². The summed E-state index contributed by atoms with van der Waals surface area (Å²) in [6.07, 6.45) is 6.75. The number of halogens is 1. The first kappa shape index (κ1) is 20.4. The lowest BCUT2D eigenvalue weighted by molar-refractivity contribution is 0.182. The highest BCUT2D eigenvalue weighted by Crippen LogP contribution is 2.37. The van der Waals surface area contributed by atoms with Gasteiger partial charge in [0.25, 0.3) is 0 Å². The van der Waals surface area contributed by atoms with Gasteiger partial charge in [0.05, 0.1) is 4.34 Å². The number of hydrogen-bond donors (Lipinski definition) is 0. The fourth-order valence-corrected chi connectivity index (χ4v) is 4.54. The van der Waals surface area contributed by atoms with Crippen LogP contribution in [0.1, 0.15) is 51.3 Å². The van der Waals surface area contributed by atoms with Crippen molar-refractivity contribution < 1.29 is 0 Å². The normalized spacial score (nSPS) is 24.0. The molecular formula is C21H31ClN2S. The van der Waals surface area contributed by atoms with Crippen molar-refractivity contribution in [1.29, 1.82) is 0 Å². The summed E-state index contributed by atoms with van der Waals surface area (Å²) in [5.74, 6) is 1.86. The first-order valence-electron chi connectivity index (χ1n) is 9.26. The van der Waals surface area contributed by atoms with Crippen molar-refractivity contribution in [3.05, 3.63) is 45.3 Å². The molecule has 1 fully saturated rings. The van der Waals surface area contributed by atoms with E-state index < -0.39 is 0 Å². The molecule has 0 aliphatic carbocycles. The van der Waals surface area contributed by atoms with Gasteiger partial charge in [0.1, 0.15) is 0 Å². The molecule has 138 valence electrons. The minimum Gasteiger partial charge on any atom is -0.298 e. The van der Waals surface area contributed by atoms with E-state index in [2.05, 4.69) is 49.4 Å². The molecule has 1 aliphatic heterocycles. The zero-order valence-corrected chi connectivity index (χ0v) is 17.5. The van der Waals surface area contributed by atoms with Crippen molar-refractivity contribution in [2.45, 2.75) is 46.5 Å². The summed E-state index contributed by atoms with van der Waals surface area (Å²) in [5, 5.41) is 0. The lowest BCUT2D eigenvalue weighted by Gasteiger charge is -2.37. The number of allylic oxidation sites excluding steroid dienone is 2. The number of likely N-dealkylation sites (tertiary alicyclic amines) is 1. The van der Waals surface area contributed by atoms with Gasteiger partial charge < -0.3 is 0 Å². The Kier molecular flexibility index (Phi) is 7.92. The minimum absolute atomic E-state index is 0.571. The monoisotopic (exact) mass is 378 g/mol. The van der Waals surface area contributed by atoms with E-state index in [-0.39, 0.29) is 0 Å². The minimum atomic E-state index is 0.571. The Balaban J connectivity index is 2.10. The zero-order chi connectivity index (χ0) is 18.4. The predicted molar refractivity (Wildman–Crippen MR) is 113 cm³/mol. The second kappa shape index (κ2) is 9.70. The van der Waals surface area contributed by atoms with Crippen LogP contribution in [0, 0.1) is 11.8 Å². The van der Waals surface area contributed by atoms with Gasteiger partial charge in [-0.05, 0) is 49.4 Å². The lowest BCUT2D eigenvalue weighted by atomic mass is 9.85. The SMILES string of the molecule is C=C(C)N=C/C(=C\C(C)CC)CN1CC[C@H](C)[C@@H](c2ccc(Cl)s2)C1. The summed E-state index contributed by atoms with van der Waals surface area (Å²) in [6.45, 7) is 15.9. The Morgan fingerprint density at radius 2 is 2.28 bits per heavy atom. The van der Waals surface area contributed by atoms with Crippen LogP contribution in [-0.2, 0) is 0 Å². The number of hydrogen-bond acceptors (Lipinski definition) is 3. The molecule has 2 rings (SSSR count). The fourth-order valence-electron chi connectivity index (χ4n) is 3.25. The maximum Gasteiger partial charge on any atom is 0.0931 e. The number of nitrogens with zero attached hydrogens (tertiary/aromatic N) is 2. The van der Waals surface area contributed by atoms with Crippen molar-refractivity contribution in [2.75, 3.05) is 19.6 Å². The Morgan fingerprint density at radius 3 is 2.88 bits per heavy atom. The van der Waals surface area contributed by atoms with Crippen LogP contribution in [0.25, 0.3) is 0 Å². The van der Waals surface area contributed by atoms with Gasteiger partial charge in [-0.15, -0.1) is 11.3 Å². The molecule has 0 aromatic carbocycles. The van der Waals surface area contributed by atoms with Crippen LogP contribution in [0.15, 0.2) is 41.1 Å². The van der Waals surface area contributed by atoms with E-state index >= 15 is 0 Å². The van der Waals surface area contributed by atoms with E-state index in [0.717, 1.165) is 36.1 Å². The number of piperidine rings is 1. The fraction of sp³-hybridized carbons (Fsp3) is 0.571. The van der Waals surface area contributed by atoms with Crippen LogP contribution in [0.2, 0.25) is 4.34 Å². The molecule has 1 aromatic heterocycles. The molecule has 4 heteroatoms. The van der Waals surface area contributed by atoms with Crippen molar-refractivity contribution in [3.8, 4) is 0 Å². The van der Waals surface area contributed by atoms with Gasteiger partial charge in [0.2, 0.25) is 0 Å². The molecule has 0 N–H and O–H groups in total. The topological polar surface area (TPSA) is 15.6 Å². The van der Waals surface area contributed by atoms with E-state index in [1.165, 1.54) is 16.9 Å². The Labute approximate surface area is 162 Å². The average Bonchev–Trinajstić information content (AvgIpc) is 3.00. The van der Waals surface area contributed by atoms with Crippen molar-refractivity contribution in [3.63, 3.8) is 0 Å². The van der Waals surface area contributed by atoms with Crippen LogP contribution < -0.4 is 0 Å². The van der Waals surface area contributed by atoms with Crippen LogP contribution in [0.3, 0.4) is 0 Å². The van der Waals surface area contributed by atoms with Crippen molar-refractivity contribution in [1.82, 2.24) is 4.90 Å². The molecule has 0 saturated carbocycles. The lowest BCUT2D eigenvalue weighted by Crippen LogP contribution is -2.39. The number of thiophene rings is 1. The van der Waals surface area contributed by atoms with Gasteiger partial charge in [-0.3, -0.25) is 9.89 Å². The summed E-state index contributed by atoms with van der Waals surface area (Å²) in [6, 6.07) is 4.23. The average molecular weight is 379 g/mol. The molecule has 2 nitrogen and oxygen atoms in total. The van der Waals surface area contributed by atoms with E-state index in [0.29, 0.717) is 17.8 Å². The van der Waals surface area contributed by atoms with Gasteiger partial charge in [-0.2, -0.15) is 0 Å². The summed E-state index contributed by atoms with van der Waals surface area (Å²) < 4.78 is 0.894. The predicted octanol–water partition coefficient (Wildman–Crippen LogP) is 6.40. The molecular weight excluding hydrogens is 348 g/mol. The van der Waals surface area contributed by atoms with E-state index in [4.69, 9.17) is 11.6 Å². The van der Waals surface area contributed by atoms with Gasteiger partial charge in [0, 0.05) is 35.8 Å². The first-order chi connectivity index (χ1) is 11.9. The van der Waals surface area contributed by atoms with Gasteiger partial charge in [-0.25, -0.2) is 0 Å². The number of aliphatic imine (C=N–C) groups is 1. The van der Waals surface area contributed by atoms with E-state index in [9.17, 15) is 0 Å². The highest BCUT2D eigenvalue weighted by Gasteiger charge is 2.28. The van der Waals surface area contributed by atoms with Crippen LogP contribution in [-0.4, -0.2) is 30.7 Å². The van der Waals surface area contributed by atoms with Gasteiger partial charge >= 0.3 is 0 Å². The molecule has 1 aliphatic rings. The summed E-state index contributed by atoms with van der Waals surface area (Å²) >= 11 is 7.90. The molecule has 1 aromatic rings. The zero-order valence-electron chi connectivity index (χ0n) is 16.0. The quantitative estimate of drug-likeness (QED) is 0.501. The first-order valence-corrected chi connectivity index (χ1v) is 10.5. The van der Waals surface area contributed by atoms with Crippen molar-refractivity contribution >= 4 is 29.2 Å². The molecule has 0 radical (unpaired) electrons. The second-order valence-corrected chi connectivity index (χ2v) is 9.12. The highest BCUT2D eigenvalue weighted by molar-refractivity contribution is 7.16. The Morgan fingerprint density at radius 1 is 1.52 bits per heavy atom. The smallest absolute Gasteiger partial charge is 0.0931 e. The number of rotatable bonds is 7. The molecule has 25 heavy (non-hydrogen) atoms. The highest BCUT2D eigenvalue weighted by atomic mass is 35.5. The molecule has 1 unspecified atom stereocenters. The van der Waals surface area contributed by atoms with Gasteiger partial charge in [0.15, 0.2) is 0 Å². The third-order valence-corrected chi connectivity index (χ3v) is 6.36. The Hall–Kier alpha value is -0.900. The second-order valence-electron chi connectivity index (χ2n) is 7.37. The summed E-state index contributed by atoms with van der Waals surface area (Å²) in [5.41, 5.74) is 2.16. The Bertz CT molecular complexity index is 632. The maximum atomic E-state index is 6.16. The van der Waals surface area contributed by atoms with E-state index in [1.807, 2.05) is 19.2 Å². The van der Waals surface area contributed by atoms with E-state index in [1.54, 1.807) is 11.3 Å². The van der Waals surface area contributed by atoms with Crippen LogP contribution in [0.5, 0.6) is 0 Å². The third kappa shape index (κ3) is 6.40. The van der Waals surface area contributed by atoms with Crippen LogP contribution >= 0.6 is 22.9 Å². The standard InChI is InChI=1S/C21H31ClN2S/c1-6-16(4)11-18(12-23-15(2)3)13-24-10-9-17(5)19(14-24)20-7-8-21(22)25-20/h7-8,11-12,16-17,19H,2,6,9-10,13-14H2,1,3-5H3/b18-11+,23-12?/t16?,17-,19-/m0/s1. The van der Waals surface area contributed by atoms with Gasteiger partial charge in [-0.1, -0.05) is 51.4 Å². The molecule has 0 bridgehead atoms. The molecule has 1 saturated heterocycles. The maximum absolute atomic E-state index is 6.16. The molecule has 3 atom stereocenters.